The molecule has 0 N–H and O–H groups in total. The van der Waals surface area contributed by atoms with Crippen molar-refractivity contribution in [1.29, 1.82) is 0 Å². The third kappa shape index (κ3) is 2.78. The van der Waals surface area contributed by atoms with Crippen LogP contribution in [0, 0.1) is 18.6 Å². The number of halogens is 2. The molecule has 0 radical (unpaired) electrons. The smallest absolute Gasteiger partial charge is 0.251 e. The first-order chi connectivity index (χ1) is 10.5. The van der Waals surface area contributed by atoms with Crippen LogP contribution in [0.2, 0.25) is 0 Å². The Kier molecular flexibility index (Phi) is 3.54. The lowest BCUT2D eigenvalue weighted by molar-refractivity contribution is 0.532. The van der Waals surface area contributed by atoms with E-state index in [0.29, 0.717) is 11.5 Å². The molecule has 3 aromatic rings. The van der Waals surface area contributed by atoms with Gasteiger partial charge < -0.3 is 8.98 Å². The fraction of sp³-hybridized carbons (Fsp3) is 0.133. The summed E-state index contributed by atoms with van der Waals surface area (Å²) in [4.78, 5) is 12.1. The number of nitrogens with zero attached hydrogens (tertiary/aromatic N) is 3. The second-order valence-electron chi connectivity index (χ2n) is 4.74. The highest BCUT2D eigenvalue weighted by molar-refractivity contribution is 5.50. The van der Waals surface area contributed by atoms with Crippen molar-refractivity contribution in [1.82, 2.24) is 14.8 Å². The van der Waals surface area contributed by atoms with Crippen LogP contribution in [0.1, 0.15) is 11.5 Å². The van der Waals surface area contributed by atoms with Crippen LogP contribution in [-0.2, 0) is 6.54 Å². The minimum atomic E-state index is -0.565. The lowest BCUT2D eigenvalue weighted by Gasteiger charge is -2.07. The molecule has 1 aromatic carbocycles. The van der Waals surface area contributed by atoms with Crippen LogP contribution in [0.25, 0.3) is 11.5 Å². The summed E-state index contributed by atoms with van der Waals surface area (Å²) in [6.07, 6.45) is 1.47. The van der Waals surface area contributed by atoms with Crippen molar-refractivity contribution >= 4 is 0 Å². The minimum absolute atomic E-state index is 0.0639. The van der Waals surface area contributed by atoms with Crippen LogP contribution in [0.5, 0.6) is 0 Å². The van der Waals surface area contributed by atoms with Crippen LogP contribution < -0.4 is 5.56 Å². The Morgan fingerprint density at radius 2 is 2.00 bits per heavy atom. The summed E-state index contributed by atoms with van der Waals surface area (Å²) in [6, 6.07) is 6.04. The number of aryl methyl sites for hydroxylation is 1. The van der Waals surface area contributed by atoms with E-state index in [1.165, 1.54) is 16.8 Å². The topological polar surface area (TPSA) is 60.9 Å². The number of pyridine rings is 1. The zero-order valence-corrected chi connectivity index (χ0v) is 11.6. The first-order valence-corrected chi connectivity index (χ1v) is 6.48. The zero-order valence-electron chi connectivity index (χ0n) is 11.6. The molecule has 0 spiro atoms. The largest absolute Gasteiger partial charge is 0.421 e. The normalized spacial score (nSPS) is 10.9. The molecule has 2 heterocycles. The zero-order chi connectivity index (χ0) is 15.7. The van der Waals surface area contributed by atoms with E-state index in [2.05, 4.69) is 10.2 Å². The van der Waals surface area contributed by atoms with Gasteiger partial charge in [-0.2, -0.15) is 0 Å². The predicted octanol–water partition coefficient (Wildman–Crippen LogP) is 2.53. The Bertz CT molecular complexity index is 886. The molecule has 2 aromatic heterocycles. The Morgan fingerprint density at radius 3 is 2.68 bits per heavy atom. The van der Waals surface area contributed by atoms with Gasteiger partial charge in [0.2, 0.25) is 11.8 Å². The quantitative estimate of drug-likeness (QED) is 0.746. The summed E-state index contributed by atoms with van der Waals surface area (Å²) < 4.78 is 33.3. The highest BCUT2D eigenvalue weighted by Gasteiger charge is 2.10. The second-order valence-corrected chi connectivity index (χ2v) is 4.74. The van der Waals surface area contributed by atoms with Crippen LogP contribution >= 0.6 is 0 Å². The molecule has 0 aliphatic rings. The number of hydrogen-bond acceptors (Lipinski definition) is 4. The minimum Gasteiger partial charge on any atom is -0.421 e. The summed E-state index contributed by atoms with van der Waals surface area (Å²) in [7, 11) is 0. The fourth-order valence-electron chi connectivity index (χ4n) is 2.03. The van der Waals surface area contributed by atoms with Gasteiger partial charge in [0, 0.05) is 30.3 Å². The molecule has 0 fully saturated rings. The lowest BCUT2D eigenvalue weighted by Crippen LogP contribution is -2.19. The predicted molar refractivity (Wildman–Crippen MR) is 74.2 cm³/mol. The van der Waals surface area contributed by atoms with Crippen LogP contribution in [-0.4, -0.2) is 14.8 Å². The third-order valence-corrected chi connectivity index (χ3v) is 3.12. The maximum atomic E-state index is 13.6. The van der Waals surface area contributed by atoms with E-state index in [1.807, 2.05) is 0 Å². The van der Waals surface area contributed by atoms with E-state index in [-0.39, 0.29) is 23.6 Å². The van der Waals surface area contributed by atoms with E-state index in [9.17, 15) is 13.6 Å². The molecule has 3 rings (SSSR count). The maximum absolute atomic E-state index is 13.6. The van der Waals surface area contributed by atoms with E-state index >= 15 is 0 Å². The number of rotatable bonds is 3. The van der Waals surface area contributed by atoms with Gasteiger partial charge in [-0.15, -0.1) is 10.2 Å². The summed E-state index contributed by atoms with van der Waals surface area (Å²) in [5.41, 5.74) is 0.196. The molecule has 0 amide bonds. The number of hydrogen-bond donors (Lipinski definition) is 0. The Hall–Kier alpha value is -2.83. The van der Waals surface area contributed by atoms with Gasteiger partial charge in [0.15, 0.2) is 0 Å². The van der Waals surface area contributed by atoms with Gasteiger partial charge in [0.1, 0.15) is 11.6 Å². The summed E-state index contributed by atoms with van der Waals surface area (Å²) >= 11 is 0. The highest BCUT2D eigenvalue weighted by atomic mass is 19.1. The molecule has 0 saturated carbocycles. The van der Waals surface area contributed by atoms with E-state index < -0.39 is 11.6 Å². The summed E-state index contributed by atoms with van der Waals surface area (Å²) in [5, 5.41) is 7.51. The molecule has 5 nitrogen and oxygen atoms in total. The first kappa shape index (κ1) is 14.1. The van der Waals surface area contributed by atoms with Gasteiger partial charge in [-0.05, 0) is 24.3 Å². The van der Waals surface area contributed by atoms with Gasteiger partial charge in [-0.3, -0.25) is 4.79 Å². The number of aromatic nitrogens is 3. The van der Waals surface area contributed by atoms with Crippen molar-refractivity contribution in [2.45, 2.75) is 13.5 Å². The SMILES string of the molecule is Cc1nnc(-c2ccn(Cc3cc(F)ccc3F)c(=O)c2)o1. The Morgan fingerprint density at radius 1 is 1.18 bits per heavy atom. The molecule has 0 aliphatic carbocycles. The van der Waals surface area contributed by atoms with Crippen molar-refractivity contribution < 1.29 is 13.2 Å². The van der Waals surface area contributed by atoms with Crippen LogP contribution in [0.4, 0.5) is 8.78 Å². The van der Waals surface area contributed by atoms with Crippen molar-refractivity contribution in [2.75, 3.05) is 0 Å². The summed E-state index contributed by atoms with van der Waals surface area (Å²) in [6.45, 7) is 1.58. The van der Waals surface area contributed by atoms with Crippen molar-refractivity contribution in [3.8, 4) is 11.5 Å². The Labute approximate surface area is 123 Å². The average Bonchev–Trinajstić information content (AvgIpc) is 2.91. The molecule has 112 valence electrons. The fourth-order valence-corrected chi connectivity index (χ4v) is 2.03. The van der Waals surface area contributed by atoms with Gasteiger partial charge in [0.05, 0.1) is 6.54 Å². The van der Waals surface area contributed by atoms with E-state index in [1.54, 1.807) is 13.0 Å². The third-order valence-electron chi connectivity index (χ3n) is 3.12. The van der Waals surface area contributed by atoms with E-state index in [0.717, 1.165) is 18.2 Å². The molecule has 0 bridgehead atoms. The highest BCUT2D eigenvalue weighted by Crippen LogP contribution is 2.16. The average molecular weight is 303 g/mol. The van der Waals surface area contributed by atoms with Crippen molar-refractivity contribution in [3.63, 3.8) is 0 Å². The number of benzene rings is 1. The van der Waals surface area contributed by atoms with Crippen LogP contribution in [0.3, 0.4) is 0 Å². The van der Waals surface area contributed by atoms with Gasteiger partial charge in [-0.1, -0.05) is 0 Å². The van der Waals surface area contributed by atoms with Gasteiger partial charge >= 0.3 is 0 Å². The van der Waals surface area contributed by atoms with Crippen molar-refractivity contribution in [2.24, 2.45) is 0 Å². The second kappa shape index (κ2) is 5.51. The molecule has 0 unspecified atom stereocenters. The van der Waals surface area contributed by atoms with Crippen LogP contribution in [0.15, 0.2) is 45.7 Å². The molecule has 22 heavy (non-hydrogen) atoms. The van der Waals surface area contributed by atoms with E-state index in [4.69, 9.17) is 4.42 Å². The monoisotopic (exact) mass is 303 g/mol. The van der Waals surface area contributed by atoms with Gasteiger partial charge in [0.25, 0.3) is 5.56 Å². The molecule has 0 saturated heterocycles. The molecular formula is C15H11F2N3O2. The van der Waals surface area contributed by atoms with Gasteiger partial charge in [-0.25, -0.2) is 8.78 Å². The van der Waals surface area contributed by atoms with Crippen molar-refractivity contribution in [3.05, 3.63) is 70.0 Å². The Balaban J connectivity index is 1.93. The standard InChI is InChI=1S/C15H11F2N3O2/c1-9-18-19-15(22-9)10-4-5-20(14(21)7-10)8-11-6-12(16)2-3-13(11)17/h2-7H,8H2,1H3. The molecule has 0 aliphatic heterocycles. The maximum Gasteiger partial charge on any atom is 0.251 e. The first-order valence-electron chi connectivity index (χ1n) is 6.48. The summed E-state index contributed by atoms with van der Waals surface area (Å²) in [5.74, 6) is -0.494. The lowest BCUT2D eigenvalue weighted by atomic mass is 10.2. The molecular weight excluding hydrogens is 292 g/mol. The molecule has 0 atom stereocenters. The molecule has 7 heteroatoms.